The number of ether oxygens (including phenoxy) is 3. The molecular weight excluding hydrogens is 551 g/mol. The van der Waals surface area contributed by atoms with Gasteiger partial charge in [0.2, 0.25) is 0 Å². The van der Waals surface area contributed by atoms with Gasteiger partial charge in [-0.05, 0) is 56.0 Å². The molecule has 3 unspecified atom stereocenters. The molecule has 1 aromatic carbocycles. The number of nitrogens with zero attached hydrogens (tertiary/aromatic N) is 4. The minimum absolute atomic E-state index is 0.00693. The average Bonchev–Trinajstić information content (AvgIpc) is 3.45. The Balaban J connectivity index is 0.000000330. The maximum Gasteiger partial charge on any atom is 0.417 e. The summed E-state index contributed by atoms with van der Waals surface area (Å²) in [6.07, 6.45) is -1.29. The van der Waals surface area contributed by atoms with E-state index in [0.29, 0.717) is 30.2 Å². The van der Waals surface area contributed by atoms with Gasteiger partial charge in [-0.2, -0.15) is 23.1 Å². The van der Waals surface area contributed by atoms with Gasteiger partial charge in [-0.1, -0.05) is 19.1 Å². The summed E-state index contributed by atoms with van der Waals surface area (Å²) in [6, 6.07) is 3.55. The number of halogens is 3. The van der Waals surface area contributed by atoms with Gasteiger partial charge in [0.15, 0.2) is 0 Å². The summed E-state index contributed by atoms with van der Waals surface area (Å²) in [5.41, 5.74) is 7.90. The number of carbonyl (C=O) groups is 1. The minimum Gasteiger partial charge on any atom is -0.467 e. The molecule has 3 atom stereocenters. The summed E-state index contributed by atoms with van der Waals surface area (Å²) in [6.45, 7) is 10.6. The highest BCUT2D eigenvalue weighted by molar-refractivity contribution is 5.76. The Hall–Kier alpha value is -3.38. The van der Waals surface area contributed by atoms with Crippen LogP contribution >= 0.6 is 0 Å². The lowest BCUT2D eigenvalue weighted by molar-refractivity contribution is -0.142. The van der Waals surface area contributed by atoms with Crippen molar-refractivity contribution in [3.05, 3.63) is 52.2 Å². The van der Waals surface area contributed by atoms with Crippen molar-refractivity contribution in [2.45, 2.75) is 64.5 Å². The lowest BCUT2D eigenvalue weighted by Crippen LogP contribution is -2.34. The van der Waals surface area contributed by atoms with E-state index in [4.69, 9.17) is 19.9 Å². The molecule has 3 fully saturated rings. The van der Waals surface area contributed by atoms with Crippen LogP contribution in [0.25, 0.3) is 0 Å². The fourth-order valence-corrected chi connectivity index (χ4v) is 6.38. The number of fused-ring (bicyclic) bond motifs is 2. The first-order valence-corrected chi connectivity index (χ1v) is 14.3. The third-order valence-corrected chi connectivity index (χ3v) is 8.19. The number of aryl methyl sites for hydroxylation is 1. The van der Waals surface area contributed by atoms with Crippen LogP contribution < -0.4 is 15.4 Å². The summed E-state index contributed by atoms with van der Waals surface area (Å²) in [5, 5.41) is 0. The quantitative estimate of drug-likeness (QED) is 0.312. The standard InChI is InChI=1S/C22H25F3N4O4.C8H13N/c1-11-7-29(8-18(30)33-9-11)20-15-10-32-17(6-16(15)27-21(28-20)31-3)14-5-13(26)4-12(2)19(14)22(23,24)25;1-7-5-8-3-2-4-9(8)6-7/h4-5,11,17H,6-10,26H2,1-3H3;8H,1-6H2. The molecule has 2 aromatic rings. The molecule has 0 aliphatic carbocycles. The monoisotopic (exact) mass is 589 g/mol. The zero-order chi connectivity index (χ0) is 30.2. The second-order valence-electron chi connectivity index (χ2n) is 11.7. The highest BCUT2D eigenvalue weighted by Gasteiger charge is 2.39. The lowest BCUT2D eigenvalue weighted by Gasteiger charge is -2.31. The number of hydrogen-bond donors (Lipinski definition) is 1. The van der Waals surface area contributed by atoms with Crippen molar-refractivity contribution in [1.82, 2.24) is 14.9 Å². The predicted molar refractivity (Wildman–Crippen MR) is 151 cm³/mol. The molecule has 5 heterocycles. The fraction of sp³-hybridized carbons (Fsp3) is 0.567. The van der Waals surface area contributed by atoms with Gasteiger partial charge < -0.3 is 24.8 Å². The van der Waals surface area contributed by atoms with Crippen molar-refractivity contribution >= 4 is 17.5 Å². The van der Waals surface area contributed by atoms with E-state index >= 15 is 0 Å². The Bertz CT molecular complexity index is 1340. The van der Waals surface area contributed by atoms with Gasteiger partial charge in [0.25, 0.3) is 0 Å². The topological polar surface area (TPSA) is 103 Å². The maximum absolute atomic E-state index is 13.8. The molecule has 0 radical (unpaired) electrons. The van der Waals surface area contributed by atoms with Gasteiger partial charge >= 0.3 is 18.2 Å². The molecule has 228 valence electrons. The number of anilines is 2. The number of hydrogen-bond acceptors (Lipinski definition) is 9. The molecule has 0 amide bonds. The number of carbonyl (C=O) groups excluding carboxylic acids is 1. The van der Waals surface area contributed by atoms with E-state index in [1.807, 2.05) is 6.92 Å². The summed E-state index contributed by atoms with van der Waals surface area (Å²) in [5.74, 6) is 0.140. The normalized spacial score (nSPS) is 24.3. The predicted octanol–water partition coefficient (Wildman–Crippen LogP) is 4.62. The number of aromatic nitrogens is 2. The van der Waals surface area contributed by atoms with Crippen LogP contribution in [-0.4, -0.2) is 66.8 Å². The van der Waals surface area contributed by atoms with E-state index in [1.54, 1.807) is 4.90 Å². The highest BCUT2D eigenvalue weighted by Crippen LogP contribution is 2.43. The summed E-state index contributed by atoms with van der Waals surface area (Å²) in [4.78, 5) is 25.2. The van der Waals surface area contributed by atoms with Gasteiger partial charge in [0.05, 0.1) is 37.7 Å². The second-order valence-corrected chi connectivity index (χ2v) is 11.7. The van der Waals surface area contributed by atoms with Crippen molar-refractivity contribution in [3.8, 4) is 6.01 Å². The molecule has 4 aliphatic heterocycles. The Morgan fingerprint density at radius 2 is 1.98 bits per heavy atom. The number of benzene rings is 1. The fourth-order valence-electron chi connectivity index (χ4n) is 6.38. The van der Waals surface area contributed by atoms with Gasteiger partial charge in [0, 0.05) is 42.7 Å². The Morgan fingerprint density at radius 3 is 2.69 bits per heavy atom. The van der Waals surface area contributed by atoms with Crippen molar-refractivity contribution in [2.24, 2.45) is 5.92 Å². The smallest absolute Gasteiger partial charge is 0.417 e. The van der Waals surface area contributed by atoms with Crippen molar-refractivity contribution < 1.29 is 32.2 Å². The molecule has 0 bridgehead atoms. The van der Waals surface area contributed by atoms with Gasteiger partial charge in [0.1, 0.15) is 12.4 Å². The maximum atomic E-state index is 13.8. The number of rotatable bonds is 3. The summed E-state index contributed by atoms with van der Waals surface area (Å²) >= 11 is 0. The number of nitrogens with two attached hydrogens (primary N) is 1. The van der Waals surface area contributed by atoms with E-state index in [2.05, 4.69) is 21.4 Å². The van der Waals surface area contributed by atoms with Crippen molar-refractivity contribution in [1.29, 1.82) is 0 Å². The third-order valence-electron chi connectivity index (χ3n) is 8.19. The number of methoxy groups -OCH3 is 1. The molecule has 6 rings (SSSR count). The molecule has 9 nitrogen and oxygen atoms in total. The third kappa shape index (κ3) is 6.49. The molecule has 0 spiro atoms. The first kappa shape index (κ1) is 30.1. The first-order chi connectivity index (χ1) is 19.9. The van der Waals surface area contributed by atoms with Gasteiger partial charge in [-0.15, -0.1) is 0 Å². The molecular formula is C30H38F3N5O4. The van der Waals surface area contributed by atoms with Crippen molar-refractivity contribution in [3.63, 3.8) is 0 Å². The van der Waals surface area contributed by atoms with Crippen molar-refractivity contribution in [2.75, 3.05) is 50.5 Å². The molecule has 2 N–H and O–H groups in total. The van der Waals surface area contributed by atoms with Crippen LogP contribution in [-0.2, 0) is 33.5 Å². The Labute approximate surface area is 243 Å². The van der Waals surface area contributed by atoms with Crippen LogP contribution in [0.15, 0.2) is 24.3 Å². The average molecular weight is 590 g/mol. The van der Waals surface area contributed by atoms with E-state index < -0.39 is 17.8 Å². The lowest BCUT2D eigenvalue weighted by atomic mass is 9.92. The van der Waals surface area contributed by atoms with Crippen LogP contribution in [0, 0.1) is 12.8 Å². The largest absolute Gasteiger partial charge is 0.467 e. The number of cyclic esters (lactones) is 1. The van der Waals surface area contributed by atoms with E-state index in [1.165, 1.54) is 64.1 Å². The van der Waals surface area contributed by atoms with Crippen LogP contribution in [0.2, 0.25) is 0 Å². The molecule has 12 heteroatoms. The molecule has 42 heavy (non-hydrogen) atoms. The highest BCUT2D eigenvalue weighted by atomic mass is 19.4. The minimum atomic E-state index is -4.56. The molecule has 1 aromatic heterocycles. The van der Waals surface area contributed by atoms with E-state index in [-0.39, 0.29) is 54.3 Å². The number of alkyl halides is 3. The van der Waals surface area contributed by atoms with Gasteiger partial charge in [-0.25, -0.2) is 0 Å². The zero-order valence-electron chi connectivity index (χ0n) is 24.3. The van der Waals surface area contributed by atoms with Gasteiger partial charge in [-0.3, -0.25) is 9.69 Å². The van der Waals surface area contributed by atoms with Crippen LogP contribution in [0.1, 0.15) is 60.2 Å². The first-order valence-electron chi connectivity index (χ1n) is 14.3. The van der Waals surface area contributed by atoms with E-state index in [0.717, 1.165) is 6.04 Å². The number of esters is 1. The van der Waals surface area contributed by atoms with Crippen LogP contribution in [0.4, 0.5) is 24.7 Å². The molecule has 3 saturated heterocycles. The SMILES string of the molecule is C=C1CC2CCCN2C1.COc1nc2c(c(N3CC(=O)OCC(C)C3)n1)COC(c1cc(N)cc(C)c1C(F)(F)F)C2. The summed E-state index contributed by atoms with van der Waals surface area (Å²) < 4.78 is 57.9. The second kappa shape index (κ2) is 12.1. The van der Waals surface area contributed by atoms with Crippen LogP contribution in [0.5, 0.6) is 6.01 Å². The Morgan fingerprint density at radius 1 is 1.19 bits per heavy atom. The zero-order valence-corrected chi connectivity index (χ0v) is 24.3. The molecule has 4 aliphatic rings. The molecule has 0 saturated carbocycles. The van der Waals surface area contributed by atoms with E-state index in [9.17, 15) is 18.0 Å². The number of nitrogen functional groups attached to an aromatic ring is 1. The van der Waals surface area contributed by atoms with Crippen LogP contribution in [0.3, 0.4) is 0 Å². The summed E-state index contributed by atoms with van der Waals surface area (Å²) in [7, 11) is 1.41. The Kier molecular flexibility index (Phi) is 8.66.